The van der Waals surface area contributed by atoms with Crippen LogP contribution < -0.4 is 10.1 Å². The number of hydrogen-bond acceptors (Lipinski definition) is 7. The quantitative estimate of drug-likeness (QED) is 0.414. The van der Waals surface area contributed by atoms with Crippen molar-refractivity contribution in [1.29, 1.82) is 5.26 Å². The third-order valence-electron chi connectivity index (χ3n) is 6.10. The zero-order valence-electron chi connectivity index (χ0n) is 19.0. The third kappa shape index (κ3) is 4.35. The maximum atomic E-state index is 14.0. The lowest BCUT2D eigenvalue weighted by Gasteiger charge is -2.23. The summed E-state index contributed by atoms with van der Waals surface area (Å²) in [5.74, 6) is -1.07. The van der Waals surface area contributed by atoms with Crippen molar-refractivity contribution in [3.8, 4) is 23.2 Å². The number of imidazole rings is 1. The summed E-state index contributed by atoms with van der Waals surface area (Å²) in [5.41, 5.74) is 1.28. The lowest BCUT2D eigenvalue weighted by atomic mass is 10.1. The zero-order chi connectivity index (χ0) is 25.4. The van der Waals surface area contributed by atoms with Gasteiger partial charge >= 0.3 is 6.18 Å². The Labute approximate surface area is 202 Å². The van der Waals surface area contributed by atoms with Gasteiger partial charge in [0.1, 0.15) is 28.9 Å². The molecule has 1 fully saturated rings. The van der Waals surface area contributed by atoms with Crippen molar-refractivity contribution in [3.05, 3.63) is 59.6 Å². The molecule has 1 aliphatic heterocycles. The fourth-order valence-electron chi connectivity index (χ4n) is 4.34. The number of nitriles is 1. The molecule has 186 valence electrons. The smallest absolute Gasteiger partial charge is 0.431 e. The molecular weight excluding hydrogens is 480 g/mol. The van der Waals surface area contributed by atoms with E-state index in [0.717, 1.165) is 43.8 Å². The molecule has 1 aliphatic rings. The van der Waals surface area contributed by atoms with E-state index in [9.17, 15) is 22.8 Å². The minimum absolute atomic E-state index is 0.0189. The molecular formula is C23H20F4N8O. The number of ether oxygens (including phenoxy) is 1. The van der Waals surface area contributed by atoms with E-state index in [-0.39, 0.29) is 23.3 Å². The standard InChI is InChI=1S/C23H20F4N8O/c1-13-21(32-33-35(13)16-4-6-29-7-5-16)14-8-19-31-12-17(10-28)34(19)20(9-14)36-22(23(25,26)27)18-3-2-15(24)11-30-18/h2-3,8-9,11-12,16,22,29H,4-7H2,1H3. The van der Waals surface area contributed by atoms with Crippen molar-refractivity contribution in [3.63, 3.8) is 0 Å². The Morgan fingerprint density at radius 1 is 1.17 bits per heavy atom. The lowest BCUT2D eigenvalue weighted by molar-refractivity contribution is -0.200. The van der Waals surface area contributed by atoms with Crippen molar-refractivity contribution in [2.45, 2.75) is 38.1 Å². The topological polar surface area (TPSA) is 106 Å². The molecule has 13 heteroatoms. The minimum atomic E-state index is -4.88. The highest BCUT2D eigenvalue weighted by atomic mass is 19.4. The van der Waals surface area contributed by atoms with Gasteiger partial charge in [-0.1, -0.05) is 5.21 Å². The monoisotopic (exact) mass is 500 g/mol. The summed E-state index contributed by atoms with van der Waals surface area (Å²) in [6.45, 7) is 3.55. The summed E-state index contributed by atoms with van der Waals surface area (Å²) in [6.07, 6.45) is -3.72. The highest BCUT2D eigenvalue weighted by molar-refractivity contribution is 5.68. The third-order valence-corrected chi connectivity index (χ3v) is 6.10. The Morgan fingerprint density at radius 3 is 2.61 bits per heavy atom. The molecule has 1 atom stereocenters. The number of piperidine rings is 1. The lowest BCUT2D eigenvalue weighted by Crippen LogP contribution is -2.30. The average Bonchev–Trinajstić information content (AvgIpc) is 3.46. The largest absolute Gasteiger partial charge is 0.459 e. The number of rotatable bonds is 5. The van der Waals surface area contributed by atoms with Gasteiger partial charge in [0, 0.05) is 11.6 Å². The number of hydrogen-bond donors (Lipinski definition) is 1. The molecule has 0 saturated carbocycles. The van der Waals surface area contributed by atoms with E-state index in [2.05, 4.69) is 25.6 Å². The predicted molar refractivity (Wildman–Crippen MR) is 118 cm³/mol. The van der Waals surface area contributed by atoms with Gasteiger partial charge in [-0.3, -0.25) is 9.38 Å². The summed E-state index contributed by atoms with van der Waals surface area (Å²) in [6, 6.07) is 6.81. The van der Waals surface area contributed by atoms with Crippen molar-refractivity contribution in [1.82, 2.24) is 34.7 Å². The van der Waals surface area contributed by atoms with E-state index in [0.29, 0.717) is 17.5 Å². The maximum Gasteiger partial charge on any atom is 0.431 e. The van der Waals surface area contributed by atoms with Gasteiger partial charge < -0.3 is 10.1 Å². The van der Waals surface area contributed by atoms with Crippen LogP contribution in [0.4, 0.5) is 17.6 Å². The van der Waals surface area contributed by atoms with Crippen LogP contribution in [0.2, 0.25) is 0 Å². The second kappa shape index (κ2) is 9.19. The summed E-state index contributed by atoms with van der Waals surface area (Å²) >= 11 is 0. The molecule has 0 bridgehead atoms. The van der Waals surface area contributed by atoms with Gasteiger partial charge in [-0.25, -0.2) is 14.1 Å². The number of pyridine rings is 2. The van der Waals surface area contributed by atoms with Gasteiger partial charge in [0.25, 0.3) is 0 Å². The molecule has 0 aromatic carbocycles. The van der Waals surface area contributed by atoms with Crippen molar-refractivity contribution in [2.24, 2.45) is 0 Å². The number of halogens is 4. The Kier molecular flexibility index (Phi) is 6.05. The molecule has 0 spiro atoms. The Morgan fingerprint density at radius 2 is 1.94 bits per heavy atom. The van der Waals surface area contributed by atoms with Crippen LogP contribution in [0.15, 0.2) is 36.7 Å². The van der Waals surface area contributed by atoms with Gasteiger partial charge in [0.2, 0.25) is 12.0 Å². The highest BCUT2D eigenvalue weighted by Crippen LogP contribution is 2.38. The summed E-state index contributed by atoms with van der Waals surface area (Å²) in [4.78, 5) is 7.73. The van der Waals surface area contributed by atoms with Gasteiger partial charge in [0.05, 0.1) is 29.8 Å². The second-order valence-corrected chi connectivity index (χ2v) is 8.42. The summed E-state index contributed by atoms with van der Waals surface area (Å²) in [7, 11) is 0. The molecule has 5 heterocycles. The molecule has 4 aromatic rings. The van der Waals surface area contributed by atoms with E-state index < -0.39 is 23.8 Å². The number of nitrogens with zero attached hydrogens (tertiary/aromatic N) is 7. The van der Waals surface area contributed by atoms with Gasteiger partial charge in [-0.15, -0.1) is 5.10 Å². The Bertz CT molecular complexity index is 1430. The average molecular weight is 500 g/mol. The zero-order valence-corrected chi connectivity index (χ0v) is 19.0. The second-order valence-electron chi connectivity index (χ2n) is 8.42. The van der Waals surface area contributed by atoms with Gasteiger partial charge in [-0.05, 0) is 51.1 Å². The number of alkyl halides is 3. The number of aromatic nitrogens is 6. The molecule has 4 aromatic heterocycles. The highest BCUT2D eigenvalue weighted by Gasteiger charge is 2.44. The molecule has 36 heavy (non-hydrogen) atoms. The number of fused-ring (bicyclic) bond motifs is 1. The molecule has 1 unspecified atom stereocenters. The fourth-order valence-corrected chi connectivity index (χ4v) is 4.34. The van der Waals surface area contributed by atoms with Crippen molar-refractivity contribution in [2.75, 3.05) is 13.1 Å². The first kappa shape index (κ1) is 23.7. The first-order chi connectivity index (χ1) is 17.3. The first-order valence-corrected chi connectivity index (χ1v) is 11.2. The van der Waals surface area contributed by atoms with E-state index >= 15 is 0 Å². The molecule has 1 N–H and O–H groups in total. The molecule has 1 saturated heterocycles. The van der Waals surface area contributed by atoms with Gasteiger partial charge in [-0.2, -0.15) is 18.4 Å². The van der Waals surface area contributed by atoms with Crippen molar-refractivity contribution >= 4 is 5.65 Å². The Hall–Kier alpha value is -4.05. The fraction of sp³-hybridized carbons (Fsp3) is 0.348. The van der Waals surface area contributed by atoms with Gasteiger partial charge in [0.15, 0.2) is 0 Å². The van der Waals surface area contributed by atoms with Crippen LogP contribution in [-0.2, 0) is 0 Å². The Balaban J connectivity index is 1.61. The van der Waals surface area contributed by atoms with Crippen LogP contribution in [0, 0.1) is 24.1 Å². The minimum Gasteiger partial charge on any atom is -0.459 e. The SMILES string of the molecule is Cc1c(-c2cc(OC(c3ccc(F)cn3)C(F)(F)F)n3c(C#N)cnc3c2)nnn1C1CCNCC1. The van der Waals surface area contributed by atoms with Crippen LogP contribution in [0.1, 0.15) is 42.1 Å². The molecule has 5 rings (SSSR count). The van der Waals surface area contributed by atoms with E-state index in [4.69, 9.17) is 4.74 Å². The van der Waals surface area contributed by atoms with E-state index in [1.165, 1.54) is 16.7 Å². The maximum absolute atomic E-state index is 14.0. The molecule has 9 nitrogen and oxygen atoms in total. The molecule has 0 radical (unpaired) electrons. The van der Waals surface area contributed by atoms with E-state index in [1.807, 2.05) is 17.7 Å². The van der Waals surface area contributed by atoms with E-state index in [1.54, 1.807) is 6.07 Å². The summed E-state index contributed by atoms with van der Waals surface area (Å²) in [5, 5.41) is 21.4. The predicted octanol–water partition coefficient (Wildman–Crippen LogP) is 3.91. The first-order valence-electron chi connectivity index (χ1n) is 11.2. The van der Waals surface area contributed by atoms with Crippen LogP contribution in [0.25, 0.3) is 16.9 Å². The van der Waals surface area contributed by atoms with Crippen LogP contribution in [0.3, 0.4) is 0 Å². The summed E-state index contributed by atoms with van der Waals surface area (Å²) < 4.78 is 63.8. The van der Waals surface area contributed by atoms with Crippen molar-refractivity contribution < 1.29 is 22.3 Å². The van der Waals surface area contributed by atoms with Crippen LogP contribution in [-0.4, -0.2) is 48.6 Å². The number of nitrogens with one attached hydrogen (secondary N) is 1. The molecule has 0 amide bonds. The molecule has 0 aliphatic carbocycles. The van der Waals surface area contributed by atoms with Crippen LogP contribution in [0.5, 0.6) is 5.88 Å². The van der Waals surface area contributed by atoms with Crippen LogP contribution >= 0.6 is 0 Å². The normalized spacial score (nSPS) is 15.7.